The van der Waals surface area contributed by atoms with Crippen molar-refractivity contribution in [3.8, 4) is 0 Å². The second kappa shape index (κ2) is 2.00. The Balaban J connectivity index is 2.21. The van der Waals surface area contributed by atoms with Crippen LogP contribution in [-0.4, -0.2) is 49.3 Å². The Morgan fingerprint density at radius 2 is 2.45 bits per heavy atom. The lowest BCUT2D eigenvalue weighted by molar-refractivity contribution is -0.798. The molecule has 2 bridgehead atoms. The second-order valence-electron chi connectivity index (χ2n) is 4.08. The van der Waals surface area contributed by atoms with Crippen molar-refractivity contribution in [3.63, 3.8) is 0 Å². The minimum Gasteiger partial charge on any atom is -0.394 e. The monoisotopic (exact) mass is 153 g/mol. The smallest absolute Gasteiger partial charge is 0.394 e. The highest BCUT2D eigenvalue weighted by Crippen LogP contribution is 2.39. The van der Waals surface area contributed by atoms with Gasteiger partial charge in [0.2, 0.25) is 0 Å². The van der Waals surface area contributed by atoms with E-state index in [4.69, 9.17) is 13.7 Å². The molecule has 2 fully saturated rings. The van der Waals surface area contributed by atoms with E-state index in [-0.39, 0.29) is 0 Å². The van der Waals surface area contributed by atoms with E-state index in [1.807, 2.05) is 0 Å². The Labute approximate surface area is 68.2 Å². The summed E-state index contributed by atoms with van der Waals surface area (Å²) >= 11 is 0. The summed E-state index contributed by atoms with van der Waals surface area (Å²) in [4.78, 5) is 0. The van der Waals surface area contributed by atoms with Crippen LogP contribution in [0.2, 0.25) is 0 Å². The Hall–Kier alpha value is -0.0551. The Morgan fingerprint density at radius 1 is 1.73 bits per heavy atom. The number of aliphatic hydroxyl groups is 1. The first kappa shape index (κ1) is 7.59. The van der Waals surface area contributed by atoms with Gasteiger partial charge < -0.3 is 15.2 Å². The van der Waals surface area contributed by atoms with Crippen LogP contribution in [-0.2, 0) is 0 Å². The predicted octanol–water partition coefficient (Wildman–Crippen LogP) is -1.39. The molecule has 0 aromatic carbocycles. The lowest BCUT2D eigenvalue weighted by Crippen LogP contribution is -2.53. The molecule has 0 aromatic heterocycles. The summed E-state index contributed by atoms with van der Waals surface area (Å²) in [6.07, 6.45) is 1.03. The third-order valence-electron chi connectivity index (χ3n) is 3.21. The van der Waals surface area contributed by atoms with Crippen molar-refractivity contribution >= 4 is 7.98 Å². The van der Waals surface area contributed by atoms with Gasteiger partial charge in [0.25, 0.3) is 0 Å². The van der Waals surface area contributed by atoms with Crippen LogP contribution in [0.25, 0.3) is 0 Å². The number of fused-ring (bicyclic) bond motifs is 2. The van der Waals surface area contributed by atoms with Gasteiger partial charge in [0.15, 0.2) is 0 Å². The highest BCUT2D eigenvalue weighted by atomic mass is 16.3. The first-order valence-corrected chi connectivity index (χ1v) is 4.15. The number of hydrogen-bond donors (Lipinski definition) is 2. The maximum Gasteiger partial charge on any atom is 0.481 e. The number of rotatable bonds is 1. The van der Waals surface area contributed by atoms with Crippen LogP contribution in [0.15, 0.2) is 0 Å². The summed E-state index contributed by atoms with van der Waals surface area (Å²) in [5, 5.41) is 9.93. The van der Waals surface area contributed by atoms with Crippen molar-refractivity contribution < 1.29 is 9.50 Å². The van der Waals surface area contributed by atoms with Crippen LogP contribution in [0.4, 0.5) is 0 Å². The van der Waals surface area contributed by atoms with Crippen LogP contribution < -0.4 is 5.73 Å². The quantitative estimate of drug-likeness (QED) is 0.455. The van der Waals surface area contributed by atoms with Gasteiger partial charge in [-0.25, -0.2) is 0 Å². The highest BCUT2D eigenvalue weighted by molar-refractivity contribution is 5.97. The van der Waals surface area contributed by atoms with Gasteiger partial charge in [-0.1, -0.05) is 0 Å². The minimum atomic E-state index is -0.660. The predicted molar refractivity (Wildman–Crippen MR) is 42.7 cm³/mol. The number of nitrogens with two attached hydrogens (primary N) is 1. The summed E-state index contributed by atoms with van der Waals surface area (Å²) in [6, 6.07) is 0. The van der Waals surface area contributed by atoms with Crippen LogP contribution in [0, 0.1) is 5.92 Å². The molecule has 0 aliphatic carbocycles. The molecule has 2 heterocycles. The number of piperidine rings is 1. The third-order valence-corrected chi connectivity index (χ3v) is 3.21. The molecule has 0 unspecified atom stereocenters. The van der Waals surface area contributed by atoms with E-state index in [2.05, 4.69) is 0 Å². The van der Waals surface area contributed by atoms with Crippen molar-refractivity contribution in [2.45, 2.75) is 12.0 Å². The normalized spacial score (nSPS) is 55.3. The topological polar surface area (TPSA) is 46.2 Å². The molecule has 0 spiro atoms. The summed E-state index contributed by atoms with van der Waals surface area (Å²) < 4.78 is 0.540. The first-order valence-electron chi connectivity index (χ1n) is 4.15. The molecule has 2 aliphatic heterocycles. The van der Waals surface area contributed by atoms with Crippen LogP contribution in [0.1, 0.15) is 6.42 Å². The molecular formula is C7H14BN2O+. The maximum absolute atomic E-state index is 9.93. The summed E-state index contributed by atoms with van der Waals surface area (Å²) in [5.41, 5.74) is 4.84. The zero-order chi connectivity index (χ0) is 8.11. The molecule has 3 N–H and O–H groups in total. The zero-order valence-electron chi connectivity index (χ0n) is 6.66. The van der Waals surface area contributed by atoms with E-state index in [9.17, 15) is 5.11 Å². The molecule has 2 saturated heterocycles. The molecule has 3 nitrogen and oxygen atoms in total. The van der Waals surface area contributed by atoms with Crippen molar-refractivity contribution in [1.29, 1.82) is 0 Å². The van der Waals surface area contributed by atoms with Crippen molar-refractivity contribution in [1.82, 2.24) is 0 Å². The largest absolute Gasteiger partial charge is 0.481 e. The van der Waals surface area contributed by atoms with E-state index in [1.54, 1.807) is 0 Å². The van der Waals surface area contributed by atoms with E-state index in [1.165, 1.54) is 0 Å². The van der Waals surface area contributed by atoms with Gasteiger partial charge in [0.1, 0.15) is 5.60 Å². The van der Waals surface area contributed by atoms with Crippen molar-refractivity contribution in [2.75, 3.05) is 26.2 Å². The van der Waals surface area contributed by atoms with Crippen LogP contribution >= 0.6 is 0 Å². The highest BCUT2D eigenvalue weighted by Gasteiger charge is 2.56. The second-order valence-corrected chi connectivity index (χ2v) is 4.08. The molecule has 0 amide bonds. The fourth-order valence-electron chi connectivity index (χ4n) is 2.52. The molecule has 2 radical (unpaired) electrons. The van der Waals surface area contributed by atoms with Gasteiger partial charge in [-0.2, -0.15) is 0 Å². The van der Waals surface area contributed by atoms with Gasteiger partial charge in [0, 0.05) is 18.9 Å². The van der Waals surface area contributed by atoms with E-state index < -0.39 is 5.60 Å². The minimum absolute atomic E-state index is 0.345. The maximum atomic E-state index is 9.93. The molecule has 2 rings (SSSR count). The summed E-state index contributed by atoms with van der Waals surface area (Å²) in [5.74, 6) is 0.345. The molecule has 2 aliphatic rings. The van der Waals surface area contributed by atoms with Gasteiger partial charge in [0.05, 0.1) is 19.6 Å². The van der Waals surface area contributed by atoms with E-state index in [0.717, 1.165) is 19.5 Å². The number of quaternary nitrogens is 1. The van der Waals surface area contributed by atoms with Gasteiger partial charge in [-0.05, 0) is 0 Å². The van der Waals surface area contributed by atoms with Crippen molar-refractivity contribution in [2.24, 2.45) is 11.7 Å². The van der Waals surface area contributed by atoms with Crippen molar-refractivity contribution in [3.05, 3.63) is 0 Å². The molecule has 4 heteroatoms. The van der Waals surface area contributed by atoms with Crippen LogP contribution in [0.5, 0.6) is 0 Å². The fourth-order valence-corrected chi connectivity index (χ4v) is 2.52. The average Bonchev–Trinajstić information content (AvgIpc) is 2.41. The summed E-state index contributed by atoms with van der Waals surface area (Å²) in [7, 11) is 5.97. The molecule has 0 saturated carbocycles. The standard InChI is InChI=1S/C7H14BN2O/c8-10-2-1-6(3-10)7(11,4-9)5-10/h6,11H,1-5,9H2/q+1/t6-,7-,10-/m0/s1. The molecule has 3 atom stereocenters. The van der Waals surface area contributed by atoms with E-state index >= 15 is 0 Å². The zero-order valence-corrected chi connectivity index (χ0v) is 6.66. The van der Waals surface area contributed by atoms with Crippen LogP contribution in [0.3, 0.4) is 0 Å². The Bertz CT molecular complexity index is 189. The number of nitrogens with zero attached hydrogens (tertiary/aromatic N) is 1. The molecule has 11 heavy (non-hydrogen) atoms. The lowest BCUT2D eigenvalue weighted by Gasteiger charge is -2.34. The van der Waals surface area contributed by atoms with Gasteiger partial charge in [-0.3, -0.25) is 0 Å². The third kappa shape index (κ3) is 0.933. The van der Waals surface area contributed by atoms with Gasteiger partial charge >= 0.3 is 7.98 Å². The molecule has 0 aromatic rings. The Kier molecular flexibility index (Phi) is 1.38. The Morgan fingerprint density at radius 3 is 2.73 bits per heavy atom. The fraction of sp³-hybridized carbons (Fsp3) is 1.00. The SMILES string of the molecule is [B][N@@+]12CC[C@@H](C1)[C@](O)(CN)C2. The first-order chi connectivity index (χ1) is 5.08. The average molecular weight is 153 g/mol. The van der Waals surface area contributed by atoms with E-state index in [0.29, 0.717) is 23.4 Å². The molecule has 60 valence electrons. The number of hydrogen-bond acceptors (Lipinski definition) is 2. The van der Waals surface area contributed by atoms with Gasteiger partial charge in [-0.15, -0.1) is 0 Å². The lowest BCUT2D eigenvalue weighted by atomic mass is 9.87. The summed E-state index contributed by atoms with van der Waals surface area (Å²) in [6.45, 7) is 2.92. The molecular weight excluding hydrogens is 139 g/mol.